The van der Waals surface area contributed by atoms with Gasteiger partial charge in [0, 0.05) is 12.8 Å². The summed E-state index contributed by atoms with van der Waals surface area (Å²) in [7, 11) is 0. The van der Waals surface area contributed by atoms with Crippen molar-refractivity contribution in [3.05, 3.63) is 0 Å². The number of unbranched alkanes of at least 4 members (excludes halogenated alkanes) is 8. The summed E-state index contributed by atoms with van der Waals surface area (Å²) in [5.74, 6) is -0.839. The molecule has 23 heteroatoms. The van der Waals surface area contributed by atoms with E-state index < -0.39 is 144 Å². The van der Waals surface area contributed by atoms with Crippen LogP contribution in [0.4, 0.5) is 28.8 Å². The van der Waals surface area contributed by atoms with E-state index in [2.05, 4.69) is 0 Å². The smallest absolute Gasteiger partial charge is 0.427 e. The second kappa shape index (κ2) is 24.7. The zero-order valence-corrected chi connectivity index (χ0v) is 38.6. The number of carbonyl (C=O) groups excluding carboxylic acids is 8. The van der Waals surface area contributed by atoms with E-state index in [1.54, 1.807) is 0 Å². The fourth-order valence-corrected chi connectivity index (χ4v) is 9.64. The molecule has 0 radical (unpaired) electrons. The minimum Gasteiger partial charge on any atom is -0.427 e. The van der Waals surface area contributed by atoms with Crippen molar-refractivity contribution in [1.82, 2.24) is 0 Å². The van der Waals surface area contributed by atoms with Gasteiger partial charge in [0.05, 0.1) is 0 Å². The molecule has 6 aliphatic heterocycles. The monoisotopic (exact) mass is 1040 g/mol. The molecule has 366 valence electrons. The third-order valence-corrected chi connectivity index (χ3v) is 13.4. The van der Waals surface area contributed by atoms with Gasteiger partial charge in [-0.25, -0.2) is 28.8 Å². The molecule has 12 unspecified atom stereocenters. The van der Waals surface area contributed by atoms with Gasteiger partial charge >= 0.3 is 233 Å². The van der Waals surface area contributed by atoms with Gasteiger partial charge in [0.15, 0.2) is 0 Å². The fraction of sp³-hybridized carbons (Fsp3) is 0.810. The van der Waals surface area contributed by atoms with Crippen LogP contribution in [-0.4, -0.2) is 122 Å². The Morgan fingerprint density at radius 3 is 0.892 bits per heavy atom. The quantitative estimate of drug-likeness (QED) is 0.0458. The molecule has 65 heavy (non-hydrogen) atoms. The van der Waals surface area contributed by atoms with Crippen molar-refractivity contribution in [3.8, 4) is 0 Å². The number of cyclic esters (lactones) is 12. The summed E-state index contributed by atoms with van der Waals surface area (Å²) >= 11 is -1.52. The number of ether oxygens (including phenoxy) is 12. The van der Waals surface area contributed by atoms with Gasteiger partial charge in [-0.1, -0.05) is 13.8 Å². The molecule has 0 spiro atoms. The van der Waals surface area contributed by atoms with E-state index in [1.807, 2.05) is 13.8 Å². The van der Waals surface area contributed by atoms with Gasteiger partial charge in [-0.2, -0.15) is 0 Å². The Hall–Kier alpha value is -4.71. The first-order valence-electron chi connectivity index (χ1n) is 22.6. The van der Waals surface area contributed by atoms with E-state index in [-0.39, 0.29) is 38.5 Å². The molecule has 6 saturated heterocycles. The van der Waals surface area contributed by atoms with Crippen LogP contribution in [0.1, 0.15) is 142 Å². The predicted octanol–water partition coefficient (Wildman–Crippen LogP) is 4.26. The summed E-state index contributed by atoms with van der Waals surface area (Å²) < 4.78 is 73.9. The van der Waals surface area contributed by atoms with Crippen LogP contribution in [0.2, 0.25) is 0 Å². The molecule has 22 nitrogen and oxygen atoms in total. The van der Waals surface area contributed by atoms with Crippen LogP contribution in [-0.2, 0) is 72.6 Å². The molecule has 0 saturated carbocycles. The van der Waals surface area contributed by atoms with Crippen LogP contribution in [0.3, 0.4) is 0 Å². The Morgan fingerprint density at radius 2 is 0.585 bits per heavy atom. The Kier molecular flexibility index (Phi) is 18.9. The number of hydrogen-bond acceptors (Lipinski definition) is 22. The van der Waals surface area contributed by atoms with Gasteiger partial charge in [0.25, 0.3) is 0 Å². The van der Waals surface area contributed by atoms with Crippen LogP contribution < -0.4 is 22.0 Å². The third-order valence-electron chi connectivity index (χ3n) is 12.1. The summed E-state index contributed by atoms with van der Waals surface area (Å²) in [4.78, 5) is 95.6. The maximum atomic E-state index is 12.2. The molecule has 0 bridgehead atoms. The third kappa shape index (κ3) is 15.2. The average Bonchev–Trinajstić information content (AvgIpc) is 4.12. The first-order valence-corrected chi connectivity index (χ1v) is 24.4. The molecule has 12 atom stereocenters. The summed E-state index contributed by atoms with van der Waals surface area (Å²) in [6, 6.07) is 0. The van der Waals surface area contributed by atoms with Crippen molar-refractivity contribution >= 4 is 48.9 Å². The van der Waals surface area contributed by atoms with Crippen LogP contribution in [0.25, 0.3) is 0 Å². The van der Waals surface area contributed by atoms with Crippen molar-refractivity contribution in [2.75, 3.05) is 0 Å². The second-order valence-corrected chi connectivity index (χ2v) is 17.9. The number of carbonyl (C=O) groups is 8. The van der Waals surface area contributed by atoms with Gasteiger partial charge in [-0.3, -0.25) is 0 Å². The fourth-order valence-electron chi connectivity index (χ4n) is 8.71. The van der Waals surface area contributed by atoms with Crippen molar-refractivity contribution in [2.24, 2.45) is 0 Å². The summed E-state index contributed by atoms with van der Waals surface area (Å²) in [5, 5.41) is 0. The number of rotatable bonds is 28. The first kappa shape index (κ1) is 49.7. The van der Waals surface area contributed by atoms with E-state index in [9.17, 15) is 38.4 Å². The maximum absolute atomic E-state index is 12.2. The minimum absolute atomic E-state index is 0.164. The molecule has 6 heterocycles. The minimum atomic E-state index is -1.52. The van der Waals surface area contributed by atoms with Crippen LogP contribution in [0.5, 0.6) is 0 Å². The Balaban J connectivity index is 0.748. The van der Waals surface area contributed by atoms with Crippen LogP contribution in [0, 0.1) is 0 Å². The molecule has 0 aromatic carbocycles. The summed E-state index contributed by atoms with van der Waals surface area (Å²) in [5.41, 5.74) is 0. The molecule has 6 rings (SSSR count). The summed E-state index contributed by atoms with van der Waals surface area (Å²) in [6.07, 6.45) is -1.43. The van der Waals surface area contributed by atoms with E-state index in [0.29, 0.717) is 38.5 Å². The zero-order valence-electron chi connectivity index (χ0n) is 36.4. The van der Waals surface area contributed by atoms with Crippen molar-refractivity contribution in [2.45, 2.75) is 216 Å². The first-order chi connectivity index (χ1) is 31.4. The SMILES string of the molecule is CCC1OC(=O)OC1CC1OC(=O)OC1CC1OC(=O)OC1CCCCCCCC(=O)O[I-]OC(=O)CCCCCCCC1OC(=O)OC1CC1OC(=O)OC1CC1OC(=O)OC1CC. The molecule has 6 aliphatic rings. The molecule has 0 aromatic heterocycles. The van der Waals surface area contributed by atoms with Gasteiger partial charge in [-0.15, -0.1) is 0 Å². The Labute approximate surface area is 386 Å². The molecule has 0 aliphatic carbocycles. The zero-order chi connectivity index (χ0) is 46.3. The number of hydrogen-bond donors (Lipinski definition) is 0. The number of halogens is 1. The molecular formula is C42H58IO22-. The molecule has 6 fully saturated rings. The van der Waals surface area contributed by atoms with E-state index >= 15 is 0 Å². The molecule has 0 aromatic rings. The molecular weight excluding hydrogens is 983 g/mol. The standard InChI is InChI=1S/C42H58IO22/c1-3-23-27(56-37(46)52-23)19-31-33(62-41(50)60-31)21-29-25(54-39(48)58-29)15-11-7-5-9-13-17-35(44)64-43-65-36(45)18-14-10-6-8-12-16-26-30(59-40(49)55-26)22-34-32(61-42(51)63-34)20-28-24(4-2)53-38(47)57-28/h23-34H,3-22H2,1-2H3/q-1. The van der Waals surface area contributed by atoms with E-state index in [0.717, 1.165) is 51.4 Å². The van der Waals surface area contributed by atoms with E-state index in [4.69, 9.17) is 63.0 Å². The van der Waals surface area contributed by atoms with Gasteiger partial charge in [0.1, 0.15) is 48.8 Å². The van der Waals surface area contributed by atoms with Crippen molar-refractivity contribution < 1.29 is 123 Å². The summed E-state index contributed by atoms with van der Waals surface area (Å²) in [6.45, 7) is 3.70. The topological polar surface area (TPSA) is 266 Å². The van der Waals surface area contributed by atoms with Crippen LogP contribution in [0.15, 0.2) is 0 Å². The van der Waals surface area contributed by atoms with Gasteiger partial charge in [0.2, 0.25) is 0 Å². The van der Waals surface area contributed by atoms with Crippen LogP contribution >= 0.6 is 0 Å². The van der Waals surface area contributed by atoms with Gasteiger partial charge in [-0.05, 0) is 12.8 Å². The van der Waals surface area contributed by atoms with Crippen molar-refractivity contribution in [3.63, 3.8) is 0 Å². The molecule has 0 amide bonds. The van der Waals surface area contributed by atoms with Gasteiger partial charge < -0.3 is 37.9 Å². The average molecular weight is 1040 g/mol. The normalized spacial score (nSPS) is 31.3. The van der Waals surface area contributed by atoms with E-state index in [1.165, 1.54) is 0 Å². The predicted molar refractivity (Wildman–Crippen MR) is 207 cm³/mol. The van der Waals surface area contributed by atoms with Crippen molar-refractivity contribution in [1.29, 1.82) is 0 Å². The Morgan fingerprint density at radius 1 is 0.354 bits per heavy atom. The molecule has 0 N–H and O–H groups in total. The second-order valence-electron chi connectivity index (χ2n) is 16.7. The Bertz CT molecular complexity index is 1560.